The van der Waals surface area contributed by atoms with Crippen molar-refractivity contribution in [3.05, 3.63) is 329 Å². The lowest BCUT2D eigenvalue weighted by Crippen LogP contribution is -2.29. The fourth-order valence-electron chi connectivity index (χ4n) is 14.1. The fraction of sp³-hybridized carbons (Fsp3) is 0.103. The Morgan fingerprint density at radius 3 is 1.23 bits per heavy atom. The summed E-state index contributed by atoms with van der Waals surface area (Å²) in [6.07, 6.45) is 2.01. The first-order chi connectivity index (χ1) is 39.1. The third kappa shape index (κ3) is 7.46. The Morgan fingerprint density at radius 2 is 0.725 bits per heavy atom. The summed E-state index contributed by atoms with van der Waals surface area (Å²) in [6, 6.07) is 99.5. The van der Waals surface area contributed by atoms with Crippen LogP contribution in [0, 0.1) is 0 Å². The van der Waals surface area contributed by atoms with Crippen molar-refractivity contribution in [3.63, 3.8) is 0 Å². The van der Waals surface area contributed by atoms with Crippen LogP contribution in [0.3, 0.4) is 0 Å². The van der Waals surface area contributed by atoms with Gasteiger partial charge in [0.1, 0.15) is 0 Å². The van der Waals surface area contributed by atoms with Gasteiger partial charge in [-0.15, -0.1) is 0 Å². The number of hydrogen-bond donors (Lipinski definition) is 0. The third-order valence-electron chi connectivity index (χ3n) is 17.9. The molecule has 0 radical (unpaired) electrons. The lowest BCUT2D eigenvalue weighted by atomic mass is 9.64. The van der Waals surface area contributed by atoms with Gasteiger partial charge in [0, 0.05) is 45.0 Å². The minimum atomic E-state index is -0.659. The van der Waals surface area contributed by atoms with E-state index < -0.39 is 5.41 Å². The monoisotopic (exact) mass is 1030 g/mol. The molecule has 3 aliphatic rings. The van der Waals surface area contributed by atoms with Crippen molar-refractivity contribution in [2.45, 2.75) is 50.9 Å². The van der Waals surface area contributed by atoms with Crippen molar-refractivity contribution in [1.82, 2.24) is 0 Å². The van der Waals surface area contributed by atoms with E-state index in [1.165, 1.54) is 83.5 Å². The van der Waals surface area contributed by atoms with Crippen molar-refractivity contribution in [1.29, 1.82) is 0 Å². The van der Waals surface area contributed by atoms with Gasteiger partial charge in [-0.05, 0) is 180 Å². The molecule has 0 amide bonds. The highest BCUT2D eigenvalue weighted by molar-refractivity contribution is 6.07. The first-order valence-corrected chi connectivity index (χ1v) is 28.1. The number of para-hydroxylation sites is 2. The van der Waals surface area contributed by atoms with Crippen LogP contribution in [0.15, 0.2) is 273 Å². The summed E-state index contributed by atoms with van der Waals surface area (Å²) in [4.78, 5) is 4.94. The molecule has 0 N–H and O–H groups in total. The molecule has 0 bridgehead atoms. The lowest BCUT2D eigenvalue weighted by molar-refractivity contribution is 0.660. The summed E-state index contributed by atoms with van der Waals surface area (Å²) >= 11 is 0. The average Bonchev–Trinajstić information content (AvgIpc) is 3.38. The minimum absolute atomic E-state index is 0.203. The summed E-state index contributed by atoms with van der Waals surface area (Å²) in [5, 5.41) is 0. The predicted molar refractivity (Wildman–Crippen MR) is 338 cm³/mol. The molecular formula is C78H62N2. The highest BCUT2D eigenvalue weighted by Crippen LogP contribution is 2.60. The van der Waals surface area contributed by atoms with Crippen molar-refractivity contribution >= 4 is 51.3 Å². The molecular weight excluding hydrogens is 965 g/mol. The van der Waals surface area contributed by atoms with Gasteiger partial charge >= 0.3 is 0 Å². The van der Waals surface area contributed by atoms with E-state index in [2.05, 4.69) is 318 Å². The number of fused-ring (bicyclic) bond motifs is 7. The molecule has 11 aromatic rings. The van der Waals surface area contributed by atoms with Gasteiger partial charge in [0.15, 0.2) is 0 Å². The fourth-order valence-corrected chi connectivity index (χ4v) is 14.1. The highest BCUT2D eigenvalue weighted by atomic mass is 15.2. The molecule has 384 valence electrons. The van der Waals surface area contributed by atoms with Gasteiger partial charge in [-0.25, -0.2) is 0 Å². The van der Waals surface area contributed by atoms with E-state index in [1.54, 1.807) is 0 Å². The molecule has 14 rings (SSSR count). The standard InChI is InChI=1S/C78H62N2/c1-7-53-26-20-21-35-65(53)75-52(2)64-43-40-54(48-74(64)78(75,56-27-12-8-13-28-56)57-29-14-9-15-30-57)55-46-62(79(58-31-16-10-17-32-58)59-33-18-11-19-34-59)49-63(47-55)80(60-41-44-68-66-36-22-24-38-70(66)76(3,4)72(68)50-60)61-42-45-69-67-37-23-25-39-71(67)77(5,6)73(69)51-61/h7-51H,1H2,2-6H3. The van der Waals surface area contributed by atoms with Crippen LogP contribution in [0.2, 0.25) is 0 Å². The molecule has 80 heavy (non-hydrogen) atoms. The number of allylic oxidation sites excluding steroid dienone is 2. The second-order valence-corrected chi connectivity index (χ2v) is 22.9. The van der Waals surface area contributed by atoms with Crippen LogP contribution in [-0.4, -0.2) is 0 Å². The van der Waals surface area contributed by atoms with E-state index in [-0.39, 0.29) is 10.8 Å². The van der Waals surface area contributed by atoms with Gasteiger partial charge in [0.05, 0.1) is 5.41 Å². The number of nitrogens with zero attached hydrogens (tertiary/aromatic N) is 2. The van der Waals surface area contributed by atoms with E-state index in [1.807, 2.05) is 6.08 Å². The first-order valence-electron chi connectivity index (χ1n) is 28.1. The van der Waals surface area contributed by atoms with E-state index in [9.17, 15) is 0 Å². The average molecular weight is 1030 g/mol. The highest BCUT2D eigenvalue weighted by Gasteiger charge is 2.48. The van der Waals surface area contributed by atoms with Crippen LogP contribution in [-0.2, 0) is 16.2 Å². The van der Waals surface area contributed by atoms with Crippen LogP contribution in [0.25, 0.3) is 50.6 Å². The van der Waals surface area contributed by atoms with Gasteiger partial charge in [-0.3, -0.25) is 0 Å². The third-order valence-corrected chi connectivity index (χ3v) is 17.9. The number of benzene rings is 11. The normalized spacial score (nSPS) is 14.6. The second-order valence-electron chi connectivity index (χ2n) is 22.9. The number of rotatable bonds is 11. The smallest absolute Gasteiger partial charge is 0.0716 e. The number of anilines is 6. The van der Waals surface area contributed by atoms with Crippen molar-refractivity contribution < 1.29 is 0 Å². The molecule has 0 aromatic heterocycles. The maximum Gasteiger partial charge on any atom is 0.0716 e. The maximum absolute atomic E-state index is 4.35. The van der Waals surface area contributed by atoms with Gasteiger partial charge < -0.3 is 9.80 Å². The summed E-state index contributed by atoms with van der Waals surface area (Å²) in [7, 11) is 0. The molecule has 3 aliphatic carbocycles. The molecule has 0 unspecified atom stereocenters. The SMILES string of the molecule is C=Cc1ccccc1C1=C(C)c2ccc(-c3cc(N(c4ccccc4)c4ccccc4)cc(N(c4ccc5c(c4)C(C)(C)c4ccccc4-5)c4ccc5c(c4)C(C)(C)c4ccccc4-5)c3)cc2C1(c1ccccc1)c1ccccc1. The van der Waals surface area contributed by atoms with Gasteiger partial charge in [0.2, 0.25) is 0 Å². The molecule has 0 atom stereocenters. The number of hydrogen-bond acceptors (Lipinski definition) is 2. The summed E-state index contributed by atoms with van der Waals surface area (Å²) in [5.41, 5.74) is 28.0. The summed E-state index contributed by atoms with van der Waals surface area (Å²) in [6.45, 7) is 16.2. The Morgan fingerprint density at radius 1 is 0.312 bits per heavy atom. The lowest BCUT2D eigenvalue weighted by Gasteiger charge is -2.37. The van der Waals surface area contributed by atoms with Gasteiger partial charge in [-0.1, -0.05) is 234 Å². The Labute approximate surface area is 472 Å². The van der Waals surface area contributed by atoms with Gasteiger partial charge in [-0.2, -0.15) is 0 Å². The first kappa shape index (κ1) is 48.8. The molecule has 0 saturated heterocycles. The Kier molecular flexibility index (Phi) is 11.5. The van der Waals surface area contributed by atoms with E-state index in [0.717, 1.165) is 50.8 Å². The molecule has 2 nitrogen and oxygen atoms in total. The van der Waals surface area contributed by atoms with Crippen LogP contribution in [0.1, 0.15) is 90.3 Å². The minimum Gasteiger partial charge on any atom is -0.310 e. The molecule has 0 aliphatic heterocycles. The molecule has 11 aromatic carbocycles. The van der Waals surface area contributed by atoms with E-state index in [0.29, 0.717) is 0 Å². The zero-order valence-corrected chi connectivity index (χ0v) is 46.1. The Hall–Kier alpha value is -9.50. The van der Waals surface area contributed by atoms with Crippen molar-refractivity contribution in [2.75, 3.05) is 9.80 Å². The molecule has 2 heteroatoms. The van der Waals surface area contributed by atoms with E-state index in [4.69, 9.17) is 0 Å². The van der Waals surface area contributed by atoms with Crippen molar-refractivity contribution in [2.24, 2.45) is 0 Å². The molecule has 0 saturated carbocycles. The summed E-state index contributed by atoms with van der Waals surface area (Å²) < 4.78 is 0. The maximum atomic E-state index is 4.35. The zero-order valence-electron chi connectivity index (χ0n) is 46.1. The van der Waals surface area contributed by atoms with Crippen molar-refractivity contribution in [3.8, 4) is 33.4 Å². The topological polar surface area (TPSA) is 6.48 Å². The summed E-state index contributed by atoms with van der Waals surface area (Å²) in [5.74, 6) is 0. The van der Waals surface area contributed by atoms with Crippen LogP contribution in [0.5, 0.6) is 0 Å². The quantitative estimate of drug-likeness (QED) is 0.127. The Bertz CT molecular complexity index is 4070. The Balaban J connectivity index is 1.05. The molecule has 0 fully saturated rings. The largest absolute Gasteiger partial charge is 0.310 e. The predicted octanol–water partition coefficient (Wildman–Crippen LogP) is 20.8. The second kappa shape index (κ2) is 18.9. The van der Waals surface area contributed by atoms with Crippen LogP contribution >= 0.6 is 0 Å². The van der Waals surface area contributed by atoms with Gasteiger partial charge in [0.25, 0.3) is 0 Å². The van der Waals surface area contributed by atoms with Crippen LogP contribution < -0.4 is 9.80 Å². The molecule has 0 heterocycles. The van der Waals surface area contributed by atoms with E-state index >= 15 is 0 Å². The van der Waals surface area contributed by atoms with Crippen LogP contribution in [0.4, 0.5) is 34.1 Å². The molecule has 0 spiro atoms. The zero-order chi connectivity index (χ0) is 54.3.